The molecule has 0 aromatic heterocycles. The normalized spacial score (nSPS) is 13.3. The molecule has 4 N–H and O–H groups in total. The molecule has 3 unspecified atom stereocenters. The molecule has 0 radical (unpaired) electrons. The fourth-order valence-corrected chi connectivity index (χ4v) is 10.3. The molecule has 1 amide bonds. The van der Waals surface area contributed by atoms with Crippen LogP contribution in [-0.4, -0.2) is 46.1 Å². The van der Waals surface area contributed by atoms with Gasteiger partial charge >= 0.3 is 0 Å². The Bertz CT molecular complexity index is 1040. The largest absolute Gasteiger partial charge is 0.394 e. The van der Waals surface area contributed by atoms with Gasteiger partial charge < -0.3 is 20.6 Å². The molecule has 0 rings (SSSR count). The Morgan fingerprint density at radius 3 is 0.871 bits per heavy atom. The quantitative estimate of drug-likeness (QED) is 0.0361. The van der Waals surface area contributed by atoms with Gasteiger partial charge in [0.1, 0.15) is 6.10 Å². The molecule has 0 heterocycles. The number of rotatable bonds is 60. The van der Waals surface area contributed by atoms with Crippen molar-refractivity contribution < 1.29 is 20.1 Å². The first-order valence-corrected chi connectivity index (χ1v) is 32.2. The van der Waals surface area contributed by atoms with Crippen LogP contribution in [-0.2, 0) is 4.79 Å². The molecule has 0 bridgehead atoms. The van der Waals surface area contributed by atoms with Crippen molar-refractivity contribution in [3.05, 3.63) is 24.3 Å². The zero-order valence-electron chi connectivity index (χ0n) is 47.7. The van der Waals surface area contributed by atoms with E-state index in [4.69, 9.17) is 0 Å². The molecule has 0 aliphatic carbocycles. The minimum Gasteiger partial charge on any atom is -0.394 e. The molecule has 70 heavy (non-hydrogen) atoms. The molecule has 416 valence electrons. The van der Waals surface area contributed by atoms with Crippen molar-refractivity contribution in [2.24, 2.45) is 0 Å². The van der Waals surface area contributed by atoms with Gasteiger partial charge in [-0.3, -0.25) is 4.79 Å². The summed E-state index contributed by atoms with van der Waals surface area (Å²) in [6.07, 6.45) is 78.8. The molecule has 3 atom stereocenters. The topological polar surface area (TPSA) is 89.8 Å². The lowest BCUT2D eigenvalue weighted by Crippen LogP contribution is -2.48. The van der Waals surface area contributed by atoms with E-state index in [0.29, 0.717) is 6.42 Å². The van der Waals surface area contributed by atoms with Gasteiger partial charge in [0.25, 0.3) is 0 Å². The summed E-state index contributed by atoms with van der Waals surface area (Å²) in [7, 11) is 0. The first-order chi connectivity index (χ1) is 34.6. The third kappa shape index (κ3) is 54.6. The maximum absolute atomic E-state index is 12.6. The highest BCUT2D eigenvalue weighted by Gasteiger charge is 2.22. The summed E-state index contributed by atoms with van der Waals surface area (Å²) < 4.78 is 0. The van der Waals surface area contributed by atoms with Gasteiger partial charge in [-0.2, -0.15) is 0 Å². The van der Waals surface area contributed by atoms with Crippen molar-refractivity contribution in [3.8, 4) is 0 Å². The van der Waals surface area contributed by atoms with Gasteiger partial charge in [-0.1, -0.05) is 353 Å². The van der Waals surface area contributed by atoms with Crippen LogP contribution in [0, 0.1) is 0 Å². The Kier molecular flexibility index (Phi) is 59.4. The van der Waals surface area contributed by atoms with Crippen molar-refractivity contribution >= 4 is 5.91 Å². The van der Waals surface area contributed by atoms with E-state index in [9.17, 15) is 20.1 Å². The lowest BCUT2D eigenvalue weighted by molar-refractivity contribution is -0.131. The summed E-state index contributed by atoms with van der Waals surface area (Å²) in [4.78, 5) is 12.6. The van der Waals surface area contributed by atoms with Crippen LogP contribution in [0.25, 0.3) is 0 Å². The van der Waals surface area contributed by atoms with Gasteiger partial charge in [0.15, 0.2) is 0 Å². The van der Waals surface area contributed by atoms with E-state index in [-0.39, 0.29) is 6.61 Å². The minimum absolute atomic E-state index is 0.372. The highest BCUT2D eigenvalue weighted by atomic mass is 16.3. The van der Waals surface area contributed by atoms with Gasteiger partial charge in [0, 0.05) is 0 Å². The van der Waals surface area contributed by atoms with Crippen molar-refractivity contribution in [2.45, 2.75) is 379 Å². The van der Waals surface area contributed by atoms with Crippen LogP contribution >= 0.6 is 0 Å². The van der Waals surface area contributed by atoms with Crippen molar-refractivity contribution in [1.29, 1.82) is 0 Å². The lowest BCUT2D eigenvalue weighted by atomic mass is 10.0. The van der Waals surface area contributed by atoms with Crippen LogP contribution in [0.4, 0.5) is 0 Å². The summed E-state index contributed by atoms with van der Waals surface area (Å²) in [6, 6.07) is -0.813. The van der Waals surface area contributed by atoms with Crippen LogP contribution in [0.1, 0.15) is 361 Å². The SMILES string of the molecule is CCCCCCCCCCCCCCCC/C=C/CC/C=C/C(O)C(CO)NC(=O)C(O)CCCCCCCCCCCCCCCCCCCCCCCCCCCCCCCCCCCCCC. The zero-order chi connectivity index (χ0) is 50.7. The van der Waals surface area contributed by atoms with Gasteiger partial charge in [0.2, 0.25) is 5.91 Å². The highest BCUT2D eigenvalue weighted by Crippen LogP contribution is 2.19. The van der Waals surface area contributed by atoms with E-state index in [1.54, 1.807) is 6.08 Å². The van der Waals surface area contributed by atoms with Crippen LogP contribution in [0.3, 0.4) is 0 Å². The molecule has 0 spiro atoms. The molecule has 5 nitrogen and oxygen atoms in total. The highest BCUT2D eigenvalue weighted by molar-refractivity contribution is 5.80. The monoisotopic (exact) mass is 986 g/mol. The first kappa shape index (κ1) is 68.8. The summed E-state index contributed by atoms with van der Waals surface area (Å²) >= 11 is 0. The summed E-state index contributed by atoms with van der Waals surface area (Å²) in [5.41, 5.74) is 0. The molecular weight excluding hydrogens is 859 g/mol. The number of unbranched alkanes of at least 4 members (excludes halogenated alkanes) is 50. The van der Waals surface area contributed by atoms with Gasteiger partial charge in [-0.05, 0) is 32.1 Å². The van der Waals surface area contributed by atoms with Crippen LogP contribution in [0.2, 0.25) is 0 Å². The second kappa shape index (κ2) is 60.4. The van der Waals surface area contributed by atoms with Gasteiger partial charge in [-0.15, -0.1) is 0 Å². The molecule has 0 fully saturated rings. The number of amides is 1. The maximum Gasteiger partial charge on any atom is 0.249 e. The number of allylic oxidation sites excluding steroid dienone is 3. The maximum atomic E-state index is 12.6. The number of aliphatic hydroxyl groups is 3. The third-order valence-electron chi connectivity index (χ3n) is 15.3. The van der Waals surface area contributed by atoms with Crippen molar-refractivity contribution in [3.63, 3.8) is 0 Å². The predicted molar refractivity (Wildman–Crippen MR) is 310 cm³/mol. The van der Waals surface area contributed by atoms with E-state index in [2.05, 4.69) is 31.3 Å². The van der Waals surface area contributed by atoms with Crippen LogP contribution in [0.5, 0.6) is 0 Å². The van der Waals surface area contributed by atoms with E-state index in [1.165, 1.54) is 302 Å². The van der Waals surface area contributed by atoms with E-state index >= 15 is 0 Å². The second-order valence-corrected chi connectivity index (χ2v) is 22.3. The summed E-state index contributed by atoms with van der Waals surface area (Å²) in [6.45, 7) is 4.22. The average Bonchev–Trinajstić information content (AvgIpc) is 3.36. The Hall–Kier alpha value is -1.17. The molecular formula is C65H127NO4. The molecule has 5 heteroatoms. The van der Waals surface area contributed by atoms with Crippen LogP contribution < -0.4 is 5.32 Å². The fraction of sp³-hybridized carbons (Fsp3) is 0.923. The van der Waals surface area contributed by atoms with Crippen molar-refractivity contribution in [2.75, 3.05) is 6.61 Å². The average molecular weight is 987 g/mol. The van der Waals surface area contributed by atoms with E-state index in [0.717, 1.165) is 38.5 Å². The molecule has 0 saturated carbocycles. The Morgan fingerprint density at radius 2 is 0.586 bits per heavy atom. The fourth-order valence-electron chi connectivity index (χ4n) is 10.3. The number of hydrogen-bond donors (Lipinski definition) is 4. The molecule has 0 aromatic rings. The molecule has 0 aliphatic heterocycles. The van der Waals surface area contributed by atoms with E-state index < -0.39 is 24.2 Å². The number of carbonyl (C=O) groups is 1. The zero-order valence-corrected chi connectivity index (χ0v) is 47.7. The lowest BCUT2D eigenvalue weighted by Gasteiger charge is -2.21. The smallest absolute Gasteiger partial charge is 0.249 e. The Balaban J connectivity index is 3.48. The van der Waals surface area contributed by atoms with Crippen molar-refractivity contribution in [1.82, 2.24) is 5.32 Å². The summed E-state index contributed by atoms with van der Waals surface area (Å²) in [5.74, 6) is -0.505. The first-order valence-electron chi connectivity index (χ1n) is 32.2. The molecule has 0 aromatic carbocycles. The number of nitrogens with one attached hydrogen (secondary N) is 1. The Morgan fingerprint density at radius 1 is 0.343 bits per heavy atom. The van der Waals surface area contributed by atoms with E-state index in [1.807, 2.05) is 6.08 Å². The number of hydrogen-bond acceptors (Lipinski definition) is 4. The van der Waals surface area contributed by atoms with Gasteiger partial charge in [-0.25, -0.2) is 0 Å². The standard InChI is InChI=1S/C65H127NO4/c1-3-5-7-9-11-13-15-17-19-21-23-25-26-27-28-29-30-31-32-33-34-35-36-37-38-39-40-42-44-46-48-50-52-54-56-58-60-64(69)65(70)66-62(61-67)63(68)59-57-55-53-51-49-47-45-43-41-24-22-20-18-16-14-12-10-8-6-4-2/h49,51,57,59,62-64,67-69H,3-48,50,52-56,58,60-61H2,1-2H3,(H,66,70)/b51-49+,59-57+. The minimum atomic E-state index is -1.10. The summed E-state index contributed by atoms with van der Waals surface area (Å²) in [5, 5.41) is 33.4. The number of carbonyl (C=O) groups excluding carboxylic acids is 1. The molecule has 0 saturated heterocycles. The third-order valence-corrected chi connectivity index (χ3v) is 15.3. The number of aliphatic hydroxyl groups excluding tert-OH is 3. The molecule has 0 aliphatic rings. The second-order valence-electron chi connectivity index (χ2n) is 22.3. The van der Waals surface area contributed by atoms with Gasteiger partial charge in [0.05, 0.1) is 18.8 Å². The van der Waals surface area contributed by atoms with Crippen LogP contribution in [0.15, 0.2) is 24.3 Å². The Labute approximate surface area is 439 Å². The predicted octanol–water partition coefficient (Wildman–Crippen LogP) is 20.4.